The van der Waals surface area contributed by atoms with E-state index in [0.717, 1.165) is 29.6 Å². The molecule has 1 saturated heterocycles. The van der Waals surface area contributed by atoms with Gasteiger partial charge in [-0.25, -0.2) is 9.97 Å². The molecule has 10 heteroatoms. The number of β-amino-alcohol motifs (C(OH)–C–C–N with tert-alkyl or cyclic N) is 1. The highest BCUT2D eigenvalue weighted by Crippen LogP contribution is 2.31. The van der Waals surface area contributed by atoms with E-state index >= 15 is 0 Å². The normalized spacial score (nSPS) is 15.4. The summed E-state index contributed by atoms with van der Waals surface area (Å²) in [4.78, 5) is 24.2. The second-order valence-electron chi connectivity index (χ2n) is 10.1. The van der Waals surface area contributed by atoms with Crippen molar-refractivity contribution in [2.24, 2.45) is 0 Å². The van der Waals surface area contributed by atoms with Gasteiger partial charge in [0, 0.05) is 55.1 Å². The highest BCUT2D eigenvalue weighted by atomic mass is 16.5. The van der Waals surface area contributed by atoms with Crippen molar-refractivity contribution in [2.45, 2.75) is 12.5 Å². The van der Waals surface area contributed by atoms with E-state index in [-0.39, 0.29) is 12.0 Å². The number of nitrogen functional groups attached to an aromatic ring is 1. The molecule has 0 spiro atoms. The number of hydrogen-bond donors (Lipinski definition) is 2. The fourth-order valence-corrected chi connectivity index (χ4v) is 5.28. The number of methoxy groups -OCH3 is 2. The van der Waals surface area contributed by atoms with E-state index in [1.807, 2.05) is 53.2 Å². The Morgan fingerprint density at radius 2 is 1.90 bits per heavy atom. The van der Waals surface area contributed by atoms with Crippen LogP contribution >= 0.6 is 0 Å². The van der Waals surface area contributed by atoms with Crippen LogP contribution in [-0.4, -0.2) is 75.0 Å². The van der Waals surface area contributed by atoms with E-state index in [0.29, 0.717) is 52.6 Å². The standard InChI is InChI=1S/C32H30N6O4/c1-41-24-14-21(15-25(16-24)42-2)9-10-22-17-38(32-30(22)31(33)34-20-35-32)28-19-37(27-7-4-3-6-26(27)28)29(40)8-5-12-36-13-11-23(39)18-36/h3-8,14-17,19-20,23,39H,11-13,18H2,1-2H3,(H2,33,34,35)/t23-/m0/s1. The van der Waals surface area contributed by atoms with Crippen LogP contribution in [0, 0.1) is 11.8 Å². The number of likely N-dealkylation sites (tertiary alicyclic amines) is 1. The van der Waals surface area contributed by atoms with Crippen LogP contribution in [0.25, 0.3) is 27.6 Å². The van der Waals surface area contributed by atoms with Crippen molar-refractivity contribution in [3.05, 3.63) is 84.5 Å². The topological polar surface area (TPSA) is 121 Å². The average Bonchev–Trinajstić information content (AvgIpc) is 3.71. The third kappa shape index (κ3) is 5.19. The smallest absolute Gasteiger partial charge is 0.254 e. The number of rotatable bonds is 6. The Bertz CT molecular complexity index is 1870. The number of benzene rings is 2. The molecule has 4 heterocycles. The SMILES string of the molecule is COc1cc(C#Cc2cn(-c3cn(C(=O)C=CCN4CC[C@H](O)C4)c4ccccc34)c3ncnc(N)c23)cc(OC)c1. The summed E-state index contributed by atoms with van der Waals surface area (Å²) in [5.41, 5.74) is 9.78. The second kappa shape index (κ2) is 11.4. The van der Waals surface area contributed by atoms with Gasteiger partial charge < -0.3 is 20.3 Å². The van der Waals surface area contributed by atoms with Crippen LogP contribution in [0.1, 0.15) is 22.3 Å². The lowest BCUT2D eigenvalue weighted by atomic mass is 10.1. The average molecular weight is 563 g/mol. The van der Waals surface area contributed by atoms with Crippen molar-refractivity contribution < 1.29 is 19.4 Å². The van der Waals surface area contributed by atoms with Gasteiger partial charge in [0.2, 0.25) is 0 Å². The van der Waals surface area contributed by atoms with Gasteiger partial charge in [-0.05, 0) is 24.6 Å². The van der Waals surface area contributed by atoms with Crippen molar-refractivity contribution in [1.82, 2.24) is 24.0 Å². The summed E-state index contributed by atoms with van der Waals surface area (Å²) in [6, 6.07) is 13.1. The molecule has 2 aromatic carbocycles. The number of nitrogens with two attached hydrogens (primary N) is 1. The molecule has 5 aromatic rings. The largest absolute Gasteiger partial charge is 0.497 e. The van der Waals surface area contributed by atoms with Crippen molar-refractivity contribution in [1.29, 1.82) is 0 Å². The summed E-state index contributed by atoms with van der Waals surface area (Å²) in [7, 11) is 3.18. The second-order valence-corrected chi connectivity index (χ2v) is 10.1. The maximum absolute atomic E-state index is 13.3. The molecule has 1 aliphatic heterocycles. The molecule has 0 aliphatic carbocycles. The molecule has 1 atom stereocenters. The van der Waals surface area contributed by atoms with Crippen LogP contribution in [-0.2, 0) is 0 Å². The molecule has 1 aliphatic rings. The maximum Gasteiger partial charge on any atom is 0.254 e. The van der Waals surface area contributed by atoms with Crippen molar-refractivity contribution in [3.63, 3.8) is 0 Å². The van der Waals surface area contributed by atoms with E-state index in [9.17, 15) is 9.90 Å². The molecule has 0 bridgehead atoms. The van der Waals surface area contributed by atoms with Gasteiger partial charge in [0.15, 0.2) is 5.65 Å². The van der Waals surface area contributed by atoms with E-state index in [4.69, 9.17) is 15.2 Å². The Morgan fingerprint density at radius 1 is 1.12 bits per heavy atom. The Labute approximate surface area is 242 Å². The minimum absolute atomic E-state index is 0.171. The zero-order valence-corrected chi connectivity index (χ0v) is 23.3. The summed E-state index contributed by atoms with van der Waals surface area (Å²) in [6.07, 6.45) is 8.97. The first-order chi connectivity index (χ1) is 20.4. The molecule has 6 rings (SSSR count). The lowest BCUT2D eigenvalue weighted by Gasteiger charge is -2.10. The fraction of sp³-hybridized carbons (Fsp3) is 0.219. The molecule has 0 radical (unpaired) electrons. The number of hydrogen-bond acceptors (Lipinski definition) is 8. The quantitative estimate of drug-likeness (QED) is 0.238. The van der Waals surface area contributed by atoms with Gasteiger partial charge >= 0.3 is 0 Å². The van der Waals surface area contributed by atoms with Crippen LogP contribution in [0.5, 0.6) is 11.5 Å². The summed E-state index contributed by atoms with van der Waals surface area (Å²) in [5.74, 6) is 7.81. The lowest BCUT2D eigenvalue weighted by molar-refractivity contribution is 0.0973. The monoisotopic (exact) mass is 562 g/mol. The number of fused-ring (bicyclic) bond motifs is 2. The highest BCUT2D eigenvalue weighted by Gasteiger charge is 2.20. The van der Waals surface area contributed by atoms with E-state index in [1.54, 1.807) is 37.1 Å². The van der Waals surface area contributed by atoms with Crippen LogP contribution in [0.4, 0.5) is 5.82 Å². The molecule has 0 amide bonds. The van der Waals surface area contributed by atoms with Crippen molar-refractivity contribution in [3.8, 4) is 29.0 Å². The number of para-hydroxylation sites is 1. The summed E-state index contributed by atoms with van der Waals surface area (Å²) >= 11 is 0. The number of nitrogens with zero attached hydrogens (tertiary/aromatic N) is 5. The molecule has 0 unspecified atom stereocenters. The van der Waals surface area contributed by atoms with Crippen LogP contribution in [0.2, 0.25) is 0 Å². The fourth-order valence-electron chi connectivity index (χ4n) is 5.28. The minimum atomic E-state index is -0.299. The minimum Gasteiger partial charge on any atom is -0.497 e. The molecular weight excluding hydrogens is 532 g/mol. The Balaban J connectivity index is 1.41. The van der Waals surface area contributed by atoms with E-state index < -0.39 is 0 Å². The number of carbonyl (C=O) groups is 1. The first-order valence-electron chi connectivity index (χ1n) is 13.5. The summed E-state index contributed by atoms with van der Waals surface area (Å²) < 4.78 is 14.3. The van der Waals surface area contributed by atoms with Crippen molar-refractivity contribution in [2.75, 3.05) is 39.6 Å². The van der Waals surface area contributed by atoms with Gasteiger partial charge in [-0.2, -0.15) is 0 Å². The molecule has 3 aromatic heterocycles. The summed E-state index contributed by atoms with van der Waals surface area (Å²) in [5, 5.41) is 11.3. The predicted octanol–water partition coefficient (Wildman–Crippen LogP) is 3.64. The third-order valence-corrected chi connectivity index (χ3v) is 7.36. The van der Waals surface area contributed by atoms with Gasteiger partial charge in [0.1, 0.15) is 23.6 Å². The number of anilines is 1. The van der Waals surface area contributed by atoms with E-state index in [1.165, 1.54) is 6.33 Å². The lowest BCUT2D eigenvalue weighted by Crippen LogP contribution is -2.22. The van der Waals surface area contributed by atoms with Gasteiger partial charge in [-0.3, -0.25) is 18.8 Å². The van der Waals surface area contributed by atoms with Gasteiger partial charge in [-0.1, -0.05) is 36.1 Å². The zero-order valence-electron chi connectivity index (χ0n) is 23.3. The Hall–Kier alpha value is -5.11. The van der Waals surface area contributed by atoms with Gasteiger partial charge in [0.05, 0.1) is 42.5 Å². The Kier molecular flexibility index (Phi) is 7.35. The first kappa shape index (κ1) is 27.1. The predicted molar refractivity (Wildman–Crippen MR) is 161 cm³/mol. The molecule has 10 nitrogen and oxygen atoms in total. The number of ether oxygens (including phenoxy) is 2. The third-order valence-electron chi connectivity index (χ3n) is 7.36. The molecule has 3 N–H and O–H groups in total. The van der Waals surface area contributed by atoms with Crippen LogP contribution in [0.15, 0.2) is 73.3 Å². The Morgan fingerprint density at radius 3 is 2.64 bits per heavy atom. The first-order valence-corrected chi connectivity index (χ1v) is 13.5. The number of allylic oxidation sites excluding steroid dienone is 1. The number of aliphatic hydroxyl groups is 1. The number of aliphatic hydroxyl groups excluding tert-OH is 1. The molecule has 0 saturated carbocycles. The van der Waals surface area contributed by atoms with Crippen LogP contribution in [0.3, 0.4) is 0 Å². The highest BCUT2D eigenvalue weighted by molar-refractivity contribution is 6.03. The molecule has 1 fully saturated rings. The summed E-state index contributed by atoms with van der Waals surface area (Å²) in [6.45, 7) is 2.05. The van der Waals surface area contributed by atoms with Crippen molar-refractivity contribution >= 4 is 33.7 Å². The number of aromatic nitrogens is 4. The van der Waals surface area contributed by atoms with Gasteiger partial charge in [0.25, 0.3) is 5.91 Å². The van der Waals surface area contributed by atoms with Crippen LogP contribution < -0.4 is 15.2 Å². The molecular formula is C32H30N6O4. The maximum atomic E-state index is 13.3. The number of carbonyl (C=O) groups excluding carboxylic acids is 1. The van der Waals surface area contributed by atoms with Gasteiger partial charge in [-0.15, -0.1) is 0 Å². The molecule has 42 heavy (non-hydrogen) atoms. The zero-order chi connectivity index (χ0) is 29.2. The molecule has 212 valence electrons. The van der Waals surface area contributed by atoms with E-state index in [2.05, 4.69) is 26.7 Å².